The quantitative estimate of drug-likeness (QED) is 0.496. The highest BCUT2D eigenvalue weighted by Gasteiger charge is 1.98. The maximum absolute atomic E-state index is 10.4. The Hall–Kier alpha value is -0.920. The molecule has 0 saturated heterocycles. The normalized spacial score (nSPS) is 14.7. The summed E-state index contributed by atoms with van der Waals surface area (Å²) >= 11 is 0. The molecule has 13 heavy (non-hydrogen) atoms. The summed E-state index contributed by atoms with van der Waals surface area (Å²) in [5, 5.41) is 0. The molecule has 0 unspecified atom stereocenters. The summed E-state index contributed by atoms with van der Waals surface area (Å²) in [5.74, 6) is 0.284. The molecule has 1 aliphatic carbocycles. The molecule has 0 amide bonds. The highest BCUT2D eigenvalue weighted by Crippen LogP contribution is 2.04. The van der Waals surface area contributed by atoms with Gasteiger partial charge in [0.1, 0.15) is 6.29 Å². The van der Waals surface area contributed by atoms with Crippen molar-refractivity contribution in [3.8, 4) is 0 Å². The lowest BCUT2D eigenvalue weighted by atomic mass is 10.1. The Bertz CT molecular complexity index is 171. The molecule has 2 nitrogen and oxygen atoms in total. The Morgan fingerprint density at radius 2 is 2.31 bits per heavy atom. The first-order valence-corrected chi connectivity index (χ1v) is 4.94. The van der Waals surface area contributed by atoms with Crippen LogP contribution >= 0.6 is 0 Å². The first kappa shape index (κ1) is 12.1. The molecule has 0 saturated carbocycles. The van der Waals surface area contributed by atoms with Crippen LogP contribution in [0, 0.1) is 0 Å². The minimum Gasteiger partial charge on any atom is -0.303 e. The third-order valence-electron chi connectivity index (χ3n) is 1.77. The number of hydrogen-bond donors (Lipinski definition) is 0. The highest BCUT2D eigenvalue weighted by atomic mass is 16.1. The van der Waals surface area contributed by atoms with Gasteiger partial charge >= 0.3 is 0 Å². The van der Waals surface area contributed by atoms with Crippen molar-refractivity contribution in [1.29, 1.82) is 0 Å². The molecule has 0 aliphatic heterocycles. The Balaban J connectivity index is 0.000000226. The molecule has 2 heteroatoms. The van der Waals surface area contributed by atoms with E-state index in [0.717, 1.165) is 44.8 Å². The Labute approximate surface area is 80.0 Å². The van der Waals surface area contributed by atoms with E-state index >= 15 is 0 Å². The Morgan fingerprint density at radius 1 is 1.54 bits per heavy atom. The molecule has 0 radical (unpaired) electrons. The standard InChI is InChI=1S/C6H8O.C5H10O/c7-6-4-2-1-3-5-6;1-2-3-4-5-6/h2,4H,1,3,5H2;5H,2-4H2,1H3. The average Bonchev–Trinajstić information content (AvgIpc) is 2.17. The Kier molecular flexibility index (Phi) is 8.52. The first-order valence-electron chi connectivity index (χ1n) is 4.94. The van der Waals surface area contributed by atoms with E-state index in [1.54, 1.807) is 6.08 Å². The van der Waals surface area contributed by atoms with Crippen LogP contribution in [0.4, 0.5) is 0 Å². The van der Waals surface area contributed by atoms with Crippen molar-refractivity contribution in [1.82, 2.24) is 0 Å². The van der Waals surface area contributed by atoms with Gasteiger partial charge in [-0.1, -0.05) is 19.4 Å². The van der Waals surface area contributed by atoms with Gasteiger partial charge in [-0.05, 0) is 25.3 Å². The minimum atomic E-state index is 0.284. The molecule has 0 atom stereocenters. The van der Waals surface area contributed by atoms with Crippen molar-refractivity contribution in [2.24, 2.45) is 0 Å². The van der Waals surface area contributed by atoms with Gasteiger partial charge in [0.05, 0.1) is 0 Å². The van der Waals surface area contributed by atoms with E-state index in [2.05, 4.69) is 6.92 Å². The maximum atomic E-state index is 10.4. The van der Waals surface area contributed by atoms with Crippen molar-refractivity contribution < 1.29 is 9.59 Å². The zero-order valence-corrected chi connectivity index (χ0v) is 8.29. The van der Waals surface area contributed by atoms with Crippen LogP contribution in [0.5, 0.6) is 0 Å². The summed E-state index contributed by atoms with van der Waals surface area (Å²) < 4.78 is 0. The topological polar surface area (TPSA) is 34.1 Å². The summed E-state index contributed by atoms with van der Waals surface area (Å²) in [7, 11) is 0. The predicted molar refractivity (Wildman–Crippen MR) is 53.6 cm³/mol. The molecule has 0 heterocycles. The largest absolute Gasteiger partial charge is 0.303 e. The molecule has 1 aliphatic rings. The van der Waals surface area contributed by atoms with Crippen LogP contribution in [0.3, 0.4) is 0 Å². The summed E-state index contributed by atoms with van der Waals surface area (Å²) in [6.45, 7) is 2.07. The molecular weight excluding hydrogens is 164 g/mol. The van der Waals surface area contributed by atoms with Crippen LogP contribution in [-0.4, -0.2) is 12.1 Å². The predicted octanol–water partition coefficient (Wildman–Crippen LogP) is 2.67. The number of unbranched alkanes of at least 4 members (excludes halogenated alkanes) is 2. The van der Waals surface area contributed by atoms with Crippen LogP contribution in [0.1, 0.15) is 45.4 Å². The number of rotatable bonds is 3. The van der Waals surface area contributed by atoms with E-state index in [4.69, 9.17) is 0 Å². The van der Waals surface area contributed by atoms with Crippen molar-refractivity contribution >= 4 is 12.1 Å². The van der Waals surface area contributed by atoms with Gasteiger partial charge in [-0.15, -0.1) is 0 Å². The maximum Gasteiger partial charge on any atom is 0.155 e. The van der Waals surface area contributed by atoms with E-state index < -0.39 is 0 Å². The zero-order chi connectivity index (χ0) is 9.94. The molecule has 74 valence electrons. The van der Waals surface area contributed by atoms with Crippen molar-refractivity contribution in [2.45, 2.75) is 45.4 Å². The molecule has 0 aromatic heterocycles. The third-order valence-corrected chi connectivity index (χ3v) is 1.77. The molecule has 0 bridgehead atoms. The summed E-state index contributed by atoms with van der Waals surface area (Å²) in [5.41, 5.74) is 0. The van der Waals surface area contributed by atoms with Gasteiger partial charge in [0, 0.05) is 12.8 Å². The SMILES string of the molecule is CCCCC=O.O=C1C=CCCC1. The van der Waals surface area contributed by atoms with E-state index in [9.17, 15) is 9.59 Å². The third kappa shape index (κ3) is 8.99. The van der Waals surface area contributed by atoms with Crippen LogP contribution in [0.25, 0.3) is 0 Å². The van der Waals surface area contributed by atoms with E-state index in [1.165, 1.54) is 0 Å². The second-order valence-corrected chi connectivity index (χ2v) is 3.07. The van der Waals surface area contributed by atoms with Crippen LogP contribution in [0.2, 0.25) is 0 Å². The van der Waals surface area contributed by atoms with Gasteiger partial charge in [0.15, 0.2) is 5.78 Å². The summed E-state index contributed by atoms with van der Waals surface area (Å²) in [6.07, 6.45) is 10.4. The lowest BCUT2D eigenvalue weighted by Gasteiger charge is -1.97. The van der Waals surface area contributed by atoms with E-state index in [-0.39, 0.29) is 5.78 Å². The highest BCUT2D eigenvalue weighted by molar-refractivity contribution is 5.90. The van der Waals surface area contributed by atoms with Gasteiger partial charge in [0.25, 0.3) is 0 Å². The molecule has 0 aromatic rings. The van der Waals surface area contributed by atoms with E-state index in [1.807, 2.05) is 6.08 Å². The molecular formula is C11H18O2. The van der Waals surface area contributed by atoms with Gasteiger partial charge in [-0.2, -0.15) is 0 Å². The van der Waals surface area contributed by atoms with Crippen LogP contribution in [0.15, 0.2) is 12.2 Å². The number of ketones is 1. The number of carbonyl (C=O) groups is 2. The molecule has 0 aromatic carbocycles. The minimum absolute atomic E-state index is 0.284. The van der Waals surface area contributed by atoms with Crippen molar-refractivity contribution in [2.75, 3.05) is 0 Å². The molecule has 0 spiro atoms. The molecule has 0 fully saturated rings. The van der Waals surface area contributed by atoms with Gasteiger partial charge in [-0.3, -0.25) is 4.79 Å². The number of allylic oxidation sites excluding steroid dienone is 2. The Morgan fingerprint density at radius 3 is 2.54 bits per heavy atom. The fraction of sp³-hybridized carbons (Fsp3) is 0.636. The second-order valence-electron chi connectivity index (χ2n) is 3.07. The lowest BCUT2D eigenvalue weighted by Crippen LogP contribution is -1.95. The summed E-state index contributed by atoms with van der Waals surface area (Å²) in [6, 6.07) is 0. The van der Waals surface area contributed by atoms with Gasteiger partial charge in [-0.25, -0.2) is 0 Å². The lowest BCUT2D eigenvalue weighted by molar-refractivity contribution is -0.115. The molecule has 0 N–H and O–H groups in total. The smallest absolute Gasteiger partial charge is 0.155 e. The number of carbonyl (C=O) groups excluding carboxylic acids is 2. The fourth-order valence-corrected chi connectivity index (χ4v) is 0.980. The first-order chi connectivity index (χ1) is 6.31. The number of aldehydes is 1. The number of hydrogen-bond acceptors (Lipinski definition) is 2. The average molecular weight is 182 g/mol. The molecule has 1 rings (SSSR count). The van der Waals surface area contributed by atoms with Crippen molar-refractivity contribution in [3.63, 3.8) is 0 Å². The fourth-order valence-electron chi connectivity index (χ4n) is 0.980. The monoisotopic (exact) mass is 182 g/mol. The second kappa shape index (κ2) is 9.17. The van der Waals surface area contributed by atoms with E-state index in [0.29, 0.717) is 0 Å². The summed E-state index contributed by atoms with van der Waals surface area (Å²) in [4.78, 5) is 19.9. The van der Waals surface area contributed by atoms with Gasteiger partial charge < -0.3 is 4.79 Å². The van der Waals surface area contributed by atoms with Crippen LogP contribution in [-0.2, 0) is 9.59 Å². The zero-order valence-electron chi connectivity index (χ0n) is 8.29. The van der Waals surface area contributed by atoms with Crippen LogP contribution < -0.4 is 0 Å². The van der Waals surface area contributed by atoms with Gasteiger partial charge in [0.2, 0.25) is 0 Å². The van der Waals surface area contributed by atoms with Crippen molar-refractivity contribution in [3.05, 3.63) is 12.2 Å².